The fraction of sp³-hybridized carbons (Fsp3) is 0.611. The molecule has 1 saturated carbocycles. The minimum Gasteiger partial charge on any atom is -0.356 e. The van der Waals surface area contributed by atoms with Gasteiger partial charge in [-0.2, -0.15) is 5.10 Å². The molecule has 4 rings (SSSR count). The van der Waals surface area contributed by atoms with Gasteiger partial charge in [0.1, 0.15) is 11.6 Å². The number of rotatable bonds is 5. The van der Waals surface area contributed by atoms with E-state index in [2.05, 4.69) is 33.0 Å². The quantitative estimate of drug-likeness (QED) is 0.843. The summed E-state index contributed by atoms with van der Waals surface area (Å²) in [7, 11) is 4.20. The Labute approximate surface area is 143 Å². The van der Waals surface area contributed by atoms with Crippen LogP contribution in [-0.4, -0.2) is 50.8 Å². The summed E-state index contributed by atoms with van der Waals surface area (Å²) in [6.07, 6.45) is 8.65. The molecule has 2 aliphatic rings. The molecule has 0 amide bonds. The Morgan fingerprint density at radius 2 is 1.92 bits per heavy atom. The van der Waals surface area contributed by atoms with Gasteiger partial charge in [0.15, 0.2) is 0 Å². The summed E-state index contributed by atoms with van der Waals surface area (Å²) in [6, 6.07) is 4.72. The Kier molecular flexibility index (Phi) is 4.22. The zero-order chi connectivity index (χ0) is 16.5. The van der Waals surface area contributed by atoms with Crippen molar-refractivity contribution in [2.45, 2.75) is 44.2 Å². The van der Waals surface area contributed by atoms with E-state index in [1.165, 1.54) is 31.4 Å². The number of hydrogen-bond donors (Lipinski definition) is 0. The molecule has 2 aromatic rings. The summed E-state index contributed by atoms with van der Waals surface area (Å²) in [5.74, 6) is 2.73. The summed E-state index contributed by atoms with van der Waals surface area (Å²) >= 11 is 0. The predicted octanol–water partition coefficient (Wildman–Crippen LogP) is 2.19. The van der Waals surface area contributed by atoms with Crippen LogP contribution in [0.1, 0.15) is 43.1 Å². The van der Waals surface area contributed by atoms with Crippen LogP contribution in [0, 0.1) is 0 Å². The van der Waals surface area contributed by atoms with E-state index in [1.54, 1.807) is 0 Å². The van der Waals surface area contributed by atoms with Crippen molar-refractivity contribution < 1.29 is 0 Å². The Morgan fingerprint density at radius 1 is 1.12 bits per heavy atom. The molecule has 1 aliphatic heterocycles. The summed E-state index contributed by atoms with van der Waals surface area (Å²) in [4.78, 5) is 14.1. The molecule has 0 radical (unpaired) electrons. The number of aromatic nitrogens is 4. The Bertz CT molecular complexity index is 684. The maximum Gasteiger partial charge on any atom is 0.133 e. The van der Waals surface area contributed by atoms with E-state index in [1.807, 2.05) is 30.2 Å². The van der Waals surface area contributed by atoms with Crippen molar-refractivity contribution in [2.75, 3.05) is 25.0 Å². The zero-order valence-electron chi connectivity index (χ0n) is 14.6. The van der Waals surface area contributed by atoms with Gasteiger partial charge in [-0.1, -0.05) is 0 Å². The van der Waals surface area contributed by atoms with E-state index < -0.39 is 0 Å². The summed E-state index contributed by atoms with van der Waals surface area (Å²) in [6.45, 7) is 3.24. The zero-order valence-corrected chi connectivity index (χ0v) is 14.6. The van der Waals surface area contributed by atoms with Crippen LogP contribution in [-0.2, 0) is 13.6 Å². The van der Waals surface area contributed by atoms with Crippen LogP contribution in [0.5, 0.6) is 0 Å². The third kappa shape index (κ3) is 3.29. The van der Waals surface area contributed by atoms with Gasteiger partial charge in [-0.05, 0) is 37.8 Å². The lowest BCUT2D eigenvalue weighted by Gasteiger charge is -2.37. The van der Waals surface area contributed by atoms with E-state index in [-0.39, 0.29) is 0 Å². The minimum absolute atomic E-state index is 0.565. The highest BCUT2D eigenvalue weighted by Gasteiger charge is 2.28. The lowest BCUT2D eigenvalue weighted by molar-refractivity contribution is 0.199. The van der Waals surface area contributed by atoms with Crippen molar-refractivity contribution in [1.82, 2.24) is 24.6 Å². The highest BCUT2D eigenvalue weighted by molar-refractivity contribution is 5.38. The molecule has 0 N–H and O–H groups in total. The Morgan fingerprint density at radius 3 is 2.58 bits per heavy atom. The van der Waals surface area contributed by atoms with Gasteiger partial charge < -0.3 is 4.90 Å². The molecule has 0 atom stereocenters. The Balaban J connectivity index is 1.35. The average molecular weight is 326 g/mol. The first-order valence-electron chi connectivity index (χ1n) is 8.95. The highest BCUT2D eigenvalue weighted by atomic mass is 15.3. The summed E-state index contributed by atoms with van der Waals surface area (Å²) in [5, 5.41) is 4.26. The van der Waals surface area contributed by atoms with Crippen LogP contribution >= 0.6 is 0 Å². The molecule has 2 aromatic heterocycles. The topological polar surface area (TPSA) is 50.1 Å². The lowest BCUT2D eigenvalue weighted by atomic mass is 10.0. The SMILES string of the molecule is CN(c1ccnc(C2CC2)n1)C1CCN(Cc2ccnn2C)CC1. The maximum absolute atomic E-state index is 4.79. The maximum atomic E-state index is 4.79. The molecule has 3 heterocycles. The molecule has 1 saturated heterocycles. The van der Waals surface area contributed by atoms with Gasteiger partial charge in [-0.25, -0.2) is 9.97 Å². The highest BCUT2D eigenvalue weighted by Crippen LogP contribution is 2.38. The third-order valence-corrected chi connectivity index (χ3v) is 5.38. The number of piperidine rings is 1. The van der Waals surface area contributed by atoms with E-state index in [4.69, 9.17) is 4.98 Å². The second-order valence-corrected chi connectivity index (χ2v) is 7.11. The molecule has 0 bridgehead atoms. The molecular formula is C18H26N6. The predicted molar refractivity (Wildman–Crippen MR) is 93.9 cm³/mol. The molecule has 1 aliphatic carbocycles. The van der Waals surface area contributed by atoms with E-state index in [0.717, 1.165) is 31.3 Å². The third-order valence-electron chi connectivity index (χ3n) is 5.38. The van der Waals surface area contributed by atoms with Crippen LogP contribution < -0.4 is 4.90 Å². The molecule has 128 valence electrons. The van der Waals surface area contributed by atoms with Crippen molar-refractivity contribution >= 4 is 5.82 Å². The van der Waals surface area contributed by atoms with Crippen molar-refractivity contribution in [1.29, 1.82) is 0 Å². The van der Waals surface area contributed by atoms with Crippen LogP contribution in [0.25, 0.3) is 0 Å². The monoisotopic (exact) mass is 326 g/mol. The number of likely N-dealkylation sites (tertiary alicyclic amines) is 1. The van der Waals surface area contributed by atoms with Gasteiger partial charge in [0.05, 0.1) is 5.69 Å². The van der Waals surface area contributed by atoms with E-state index >= 15 is 0 Å². The Hall–Kier alpha value is -1.95. The van der Waals surface area contributed by atoms with Crippen LogP contribution in [0.4, 0.5) is 5.82 Å². The summed E-state index contributed by atoms with van der Waals surface area (Å²) < 4.78 is 1.97. The molecule has 6 heteroatoms. The first kappa shape index (κ1) is 15.6. The first-order valence-corrected chi connectivity index (χ1v) is 8.95. The standard InChI is InChI=1S/C18H26N6/c1-22(17-6-9-19-18(21-17)14-3-4-14)15-7-11-24(12-8-15)13-16-5-10-20-23(16)2/h5-6,9-10,14-15H,3-4,7-8,11-13H2,1-2H3. The smallest absolute Gasteiger partial charge is 0.133 e. The number of nitrogens with zero attached hydrogens (tertiary/aromatic N) is 6. The first-order chi connectivity index (χ1) is 11.7. The fourth-order valence-electron chi connectivity index (χ4n) is 3.54. The molecule has 2 fully saturated rings. The van der Waals surface area contributed by atoms with Gasteiger partial charge in [-0.15, -0.1) is 0 Å². The fourth-order valence-corrected chi connectivity index (χ4v) is 3.54. The molecular weight excluding hydrogens is 300 g/mol. The molecule has 0 spiro atoms. The minimum atomic E-state index is 0.565. The van der Waals surface area contributed by atoms with Crippen molar-refractivity contribution in [2.24, 2.45) is 7.05 Å². The summed E-state index contributed by atoms with van der Waals surface area (Å²) in [5.41, 5.74) is 1.28. The van der Waals surface area contributed by atoms with Crippen molar-refractivity contribution in [3.05, 3.63) is 36.0 Å². The number of anilines is 1. The van der Waals surface area contributed by atoms with Crippen LogP contribution in [0.3, 0.4) is 0 Å². The van der Waals surface area contributed by atoms with Crippen LogP contribution in [0.2, 0.25) is 0 Å². The molecule has 0 aromatic carbocycles. The molecule has 24 heavy (non-hydrogen) atoms. The largest absolute Gasteiger partial charge is 0.356 e. The van der Waals surface area contributed by atoms with Crippen LogP contribution in [0.15, 0.2) is 24.5 Å². The second kappa shape index (κ2) is 6.51. The van der Waals surface area contributed by atoms with E-state index in [0.29, 0.717) is 12.0 Å². The average Bonchev–Trinajstić information content (AvgIpc) is 3.39. The van der Waals surface area contributed by atoms with Gasteiger partial charge in [0, 0.05) is 58.1 Å². The number of hydrogen-bond acceptors (Lipinski definition) is 5. The van der Waals surface area contributed by atoms with Crippen molar-refractivity contribution in [3.8, 4) is 0 Å². The second-order valence-electron chi connectivity index (χ2n) is 7.11. The molecule has 6 nitrogen and oxygen atoms in total. The van der Waals surface area contributed by atoms with Crippen molar-refractivity contribution in [3.63, 3.8) is 0 Å². The van der Waals surface area contributed by atoms with E-state index in [9.17, 15) is 0 Å². The lowest BCUT2D eigenvalue weighted by Crippen LogP contribution is -2.43. The van der Waals surface area contributed by atoms with Gasteiger partial charge in [-0.3, -0.25) is 9.58 Å². The normalized spacial score (nSPS) is 19.6. The van der Waals surface area contributed by atoms with Gasteiger partial charge in [0.2, 0.25) is 0 Å². The molecule has 0 unspecified atom stereocenters. The number of aryl methyl sites for hydroxylation is 1. The van der Waals surface area contributed by atoms with Gasteiger partial charge in [0.25, 0.3) is 0 Å². The van der Waals surface area contributed by atoms with Gasteiger partial charge >= 0.3 is 0 Å².